The molecule has 180 valence electrons. The van der Waals surface area contributed by atoms with Crippen LogP contribution in [-0.4, -0.2) is 46.5 Å². The number of nitrogens with zero attached hydrogens (tertiary/aromatic N) is 4. The number of hydrogen-bond donors (Lipinski definition) is 0. The standard InChI is InChI=1S/C27H25Cl2FN4O/c28-20-10-9-19(17-21(20)29)18-26-31-23-6-2-4-8-25(23)34(26)12-11-27(35)33-15-13-32(14-16-33)24-7-3-1-5-22(24)30/h1-10,17H,11-16,18H2. The van der Waals surface area contributed by atoms with Gasteiger partial charge in [0.05, 0.1) is 26.8 Å². The molecular weight excluding hydrogens is 486 g/mol. The number of carbonyl (C=O) groups is 1. The van der Waals surface area contributed by atoms with Gasteiger partial charge in [0.2, 0.25) is 5.91 Å². The SMILES string of the molecule is O=C(CCn1c(Cc2ccc(Cl)c(Cl)c2)nc2ccccc21)N1CCN(c2ccccc2F)CC1. The smallest absolute Gasteiger partial charge is 0.224 e. The molecule has 35 heavy (non-hydrogen) atoms. The number of aryl methyl sites for hydroxylation is 1. The van der Waals surface area contributed by atoms with Gasteiger partial charge in [0.15, 0.2) is 0 Å². The molecule has 0 spiro atoms. The van der Waals surface area contributed by atoms with Crippen molar-refractivity contribution in [3.8, 4) is 0 Å². The predicted molar refractivity (Wildman–Crippen MR) is 139 cm³/mol. The lowest BCUT2D eigenvalue weighted by Gasteiger charge is -2.36. The molecule has 1 fully saturated rings. The van der Waals surface area contributed by atoms with Crippen LogP contribution in [0.4, 0.5) is 10.1 Å². The summed E-state index contributed by atoms with van der Waals surface area (Å²) < 4.78 is 16.2. The van der Waals surface area contributed by atoms with Crippen LogP contribution in [0.15, 0.2) is 66.7 Å². The Labute approximate surface area is 213 Å². The van der Waals surface area contributed by atoms with Crippen LogP contribution in [0.5, 0.6) is 0 Å². The van der Waals surface area contributed by atoms with Gasteiger partial charge in [0, 0.05) is 45.6 Å². The molecule has 0 bridgehead atoms. The van der Waals surface area contributed by atoms with Crippen molar-refractivity contribution in [3.63, 3.8) is 0 Å². The van der Waals surface area contributed by atoms with E-state index in [1.807, 2.05) is 52.3 Å². The van der Waals surface area contributed by atoms with Crippen molar-refractivity contribution >= 4 is 45.8 Å². The van der Waals surface area contributed by atoms with Crippen molar-refractivity contribution in [1.82, 2.24) is 14.5 Å². The molecule has 0 unspecified atom stereocenters. The second-order valence-corrected chi connectivity index (χ2v) is 9.48. The van der Waals surface area contributed by atoms with Crippen LogP contribution in [0.2, 0.25) is 10.0 Å². The Bertz CT molecular complexity index is 1360. The number of anilines is 1. The van der Waals surface area contributed by atoms with Crippen molar-refractivity contribution in [3.05, 3.63) is 94.0 Å². The molecule has 5 rings (SSSR count). The Morgan fingerprint density at radius 3 is 2.43 bits per heavy atom. The number of para-hydroxylation sites is 3. The molecule has 0 radical (unpaired) electrons. The highest BCUT2D eigenvalue weighted by Gasteiger charge is 2.23. The third-order valence-corrected chi connectivity index (χ3v) is 7.19. The van der Waals surface area contributed by atoms with Gasteiger partial charge in [-0.1, -0.05) is 53.5 Å². The summed E-state index contributed by atoms with van der Waals surface area (Å²) in [7, 11) is 0. The number of carbonyl (C=O) groups excluding carboxylic acids is 1. The van der Waals surface area contributed by atoms with E-state index in [-0.39, 0.29) is 11.7 Å². The maximum absolute atomic E-state index is 14.1. The highest BCUT2D eigenvalue weighted by atomic mass is 35.5. The number of hydrogen-bond acceptors (Lipinski definition) is 3. The zero-order chi connectivity index (χ0) is 24.4. The van der Waals surface area contributed by atoms with Crippen LogP contribution in [0.3, 0.4) is 0 Å². The number of amides is 1. The number of piperazine rings is 1. The normalized spacial score (nSPS) is 14.0. The molecule has 8 heteroatoms. The minimum Gasteiger partial charge on any atom is -0.366 e. The zero-order valence-electron chi connectivity index (χ0n) is 19.1. The quantitative estimate of drug-likeness (QED) is 0.328. The average Bonchev–Trinajstić information content (AvgIpc) is 3.22. The fourth-order valence-corrected chi connectivity index (χ4v) is 4.93. The first-order chi connectivity index (χ1) is 17.0. The molecule has 1 aliphatic heterocycles. The molecule has 1 saturated heterocycles. The van der Waals surface area contributed by atoms with Crippen LogP contribution in [0.25, 0.3) is 11.0 Å². The van der Waals surface area contributed by atoms with E-state index in [1.165, 1.54) is 6.07 Å². The second kappa shape index (κ2) is 10.3. The summed E-state index contributed by atoms with van der Waals surface area (Å²) in [5, 5.41) is 1.03. The molecule has 1 amide bonds. The van der Waals surface area contributed by atoms with E-state index in [0.717, 1.165) is 22.4 Å². The van der Waals surface area contributed by atoms with Crippen LogP contribution in [0, 0.1) is 5.82 Å². The predicted octanol–water partition coefficient (Wildman–Crippen LogP) is 5.81. The lowest BCUT2D eigenvalue weighted by molar-refractivity contribution is -0.131. The first-order valence-electron chi connectivity index (χ1n) is 11.6. The highest BCUT2D eigenvalue weighted by molar-refractivity contribution is 6.42. The Balaban J connectivity index is 1.27. The molecule has 3 aromatic carbocycles. The number of rotatable bonds is 6. The molecule has 0 saturated carbocycles. The van der Waals surface area contributed by atoms with E-state index >= 15 is 0 Å². The summed E-state index contributed by atoms with van der Waals surface area (Å²) in [6, 6.07) is 20.3. The van der Waals surface area contributed by atoms with Crippen LogP contribution >= 0.6 is 23.2 Å². The topological polar surface area (TPSA) is 41.4 Å². The van der Waals surface area contributed by atoms with Crippen LogP contribution in [-0.2, 0) is 17.8 Å². The van der Waals surface area contributed by atoms with E-state index in [1.54, 1.807) is 18.2 Å². The van der Waals surface area contributed by atoms with E-state index in [2.05, 4.69) is 4.57 Å². The number of benzene rings is 3. The Morgan fingerprint density at radius 2 is 1.66 bits per heavy atom. The third kappa shape index (κ3) is 5.14. The maximum atomic E-state index is 14.1. The van der Waals surface area contributed by atoms with E-state index in [4.69, 9.17) is 28.2 Å². The second-order valence-electron chi connectivity index (χ2n) is 8.66. The number of aromatic nitrogens is 2. The fraction of sp³-hybridized carbons (Fsp3) is 0.259. The fourth-order valence-electron chi connectivity index (χ4n) is 4.61. The van der Waals surface area contributed by atoms with Gasteiger partial charge in [-0.2, -0.15) is 0 Å². The molecule has 1 aromatic heterocycles. The minimum atomic E-state index is -0.228. The lowest BCUT2D eigenvalue weighted by Crippen LogP contribution is -2.49. The first-order valence-corrected chi connectivity index (χ1v) is 12.4. The van der Waals surface area contributed by atoms with E-state index in [0.29, 0.717) is 61.3 Å². The van der Waals surface area contributed by atoms with Gasteiger partial charge in [-0.15, -0.1) is 0 Å². The van der Waals surface area contributed by atoms with Gasteiger partial charge in [0.25, 0.3) is 0 Å². The molecule has 0 aliphatic carbocycles. The molecule has 5 nitrogen and oxygen atoms in total. The van der Waals surface area contributed by atoms with Crippen molar-refractivity contribution in [2.24, 2.45) is 0 Å². The highest BCUT2D eigenvalue weighted by Crippen LogP contribution is 2.25. The summed E-state index contributed by atoms with van der Waals surface area (Å²) in [4.78, 5) is 21.7. The Morgan fingerprint density at radius 1 is 0.914 bits per heavy atom. The van der Waals surface area contributed by atoms with Gasteiger partial charge in [-0.3, -0.25) is 4.79 Å². The van der Waals surface area contributed by atoms with Gasteiger partial charge in [-0.25, -0.2) is 9.37 Å². The van der Waals surface area contributed by atoms with Crippen molar-refractivity contribution in [2.75, 3.05) is 31.1 Å². The summed E-state index contributed by atoms with van der Waals surface area (Å²) in [5.74, 6) is 0.743. The van der Waals surface area contributed by atoms with Gasteiger partial charge >= 0.3 is 0 Å². The summed E-state index contributed by atoms with van der Waals surface area (Å²) in [5.41, 5.74) is 3.50. The van der Waals surface area contributed by atoms with E-state index < -0.39 is 0 Å². The van der Waals surface area contributed by atoms with Gasteiger partial charge in [-0.05, 0) is 42.0 Å². The zero-order valence-corrected chi connectivity index (χ0v) is 20.6. The third-order valence-electron chi connectivity index (χ3n) is 6.45. The molecule has 2 heterocycles. The average molecular weight is 511 g/mol. The van der Waals surface area contributed by atoms with Crippen molar-refractivity contribution in [1.29, 1.82) is 0 Å². The van der Waals surface area contributed by atoms with Gasteiger partial charge < -0.3 is 14.4 Å². The Hall–Kier alpha value is -3.09. The van der Waals surface area contributed by atoms with Crippen LogP contribution < -0.4 is 4.90 Å². The molecular formula is C27H25Cl2FN4O. The molecule has 0 N–H and O–H groups in total. The van der Waals surface area contributed by atoms with Crippen molar-refractivity contribution in [2.45, 2.75) is 19.4 Å². The van der Waals surface area contributed by atoms with E-state index in [9.17, 15) is 9.18 Å². The molecule has 1 aliphatic rings. The largest absolute Gasteiger partial charge is 0.366 e. The summed E-state index contributed by atoms with van der Waals surface area (Å²) in [6.07, 6.45) is 0.954. The first kappa shape index (κ1) is 23.6. The Kier molecular flexibility index (Phi) is 6.93. The summed E-state index contributed by atoms with van der Waals surface area (Å²) >= 11 is 12.3. The number of halogens is 3. The minimum absolute atomic E-state index is 0.0939. The van der Waals surface area contributed by atoms with Crippen molar-refractivity contribution < 1.29 is 9.18 Å². The number of fused-ring (bicyclic) bond motifs is 1. The van der Waals surface area contributed by atoms with Crippen LogP contribution in [0.1, 0.15) is 17.8 Å². The lowest BCUT2D eigenvalue weighted by atomic mass is 10.1. The summed E-state index contributed by atoms with van der Waals surface area (Å²) in [6.45, 7) is 2.91. The molecule has 0 atom stereocenters. The molecule has 4 aromatic rings. The maximum Gasteiger partial charge on any atom is 0.224 e. The monoisotopic (exact) mass is 510 g/mol. The number of imidazole rings is 1. The van der Waals surface area contributed by atoms with Gasteiger partial charge in [0.1, 0.15) is 11.6 Å².